The summed E-state index contributed by atoms with van der Waals surface area (Å²) in [6.45, 7) is 1.73. The summed E-state index contributed by atoms with van der Waals surface area (Å²) >= 11 is 0. The number of rotatable bonds is 6. The highest BCUT2D eigenvalue weighted by Crippen LogP contribution is 2.44. The van der Waals surface area contributed by atoms with Crippen molar-refractivity contribution in [1.82, 2.24) is 10.6 Å². The molecule has 0 spiro atoms. The lowest BCUT2D eigenvalue weighted by Crippen LogP contribution is -2.52. The molecule has 32 heavy (non-hydrogen) atoms. The van der Waals surface area contributed by atoms with Gasteiger partial charge in [0.25, 0.3) is 0 Å². The molecular weight excluding hydrogens is 408 g/mol. The minimum Gasteiger partial charge on any atom is -0.481 e. The predicted octanol–water partition coefficient (Wildman–Crippen LogP) is 3.67. The topological polar surface area (TPSA) is 105 Å². The number of benzene rings is 2. The molecule has 2 aliphatic rings. The quantitative estimate of drug-likeness (QED) is 0.641. The van der Waals surface area contributed by atoms with Gasteiger partial charge in [0.2, 0.25) is 5.91 Å². The average Bonchev–Trinajstić information content (AvgIpc) is 3.11. The van der Waals surface area contributed by atoms with Crippen molar-refractivity contribution in [2.45, 2.75) is 50.6 Å². The highest BCUT2D eigenvalue weighted by Gasteiger charge is 2.33. The van der Waals surface area contributed by atoms with Crippen molar-refractivity contribution in [3.63, 3.8) is 0 Å². The van der Waals surface area contributed by atoms with E-state index in [2.05, 4.69) is 22.8 Å². The lowest BCUT2D eigenvalue weighted by atomic mass is 9.84. The molecule has 2 aromatic rings. The third-order valence-electron chi connectivity index (χ3n) is 6.48. The Kier molecular flexibility index (Phi) is 6.44. The number of carboxylic acid groups (broad SMARTS) is 1. The summed E-state index contributed by atoms with van der Waals surface area (Å²) in [6, 6.07) is 14.9. The molecule has 0 radical (unpaired) electrons. The highest BCUT2D eigenvalue weighted by atomic mass is 16.5. The van der Waals surface area contributed by atoms with E-state index in [4.69, 9.17) is 4.74 Å². The van der Waals surface area contributed by atoms with Gasteiger partial charge in [-0.1, -0.05) is 61.4 Å². The maximum Gasteiger partial charge on any atom is 0.407 e. The van der Waals surface area contributed by atoms with Gasteiger partial charge in [-0.05, 0) is 42.0 Å². The standard InChI is InChI=1S/C25H28N2O5/c1-15(23(28)27-22-13-7-6-12-20(22)24(29)30)26-25(31)32-14-21-18-10-4-2-8-16(18)17-9-3-5-11-19(17)21/h2-5,8-11,15,20-22H,6-7,12-14H2,1H3,(H,26,31)(H,27,28)(H,29,30)/t15-,20+,22-/m0/s1. The Morgan fingerprint density at radius 3 is 2.22 bits per heavy atom. The summed E-state index contributed by atoms with van der Waals surface area (Å²) in [4.78, 5) is 36.4. The summed E-state index contributed by atoms with van der Waals surface area (Å²) < 4.78 is 5.49. The molecule has 7 nitrogen and oxygen atoms in total. The zero-order valence-electron chi connectivity index (χ0n) is 18.0. The molecule has 7 heteroatoms. The Morgan fingerprint density at radius 2 is 1.59 bits per heavy atom. The molecule has 168 valence electrons. The monoisotopic (exact) mass is 436 g/mol. The number of aliphatic carboxylic acids is 1. The first-order chi connectivity index (χ1) is 15.5. The van der Waals surface area contributed by atoms with Crippen LogP contribution in [0.5, 0.6) is 0 Å². The Hall–Kier alpha value is -3.35. The summed E-state index contributed by atoms with van der Waals surface area (Å²) in [5.41, 5.74) is 4.52. The predicted molar refractivity (Wildman–Crippen MR) is 119 cm³/mol. The van der Waals surface area contributed by atoms with E-state index < -0.39 is 36.0 Å². The number of hydrogen-bond acceptors (Lipinski definition) is 4. The second-order valence-electron chi connectivity index (χ2n) is 8.54. The molecule has 0 unspecified atom stereocenters. The van der Waals surface area contributed by atoms with Crippen molar-refractivity contribution in [2.24, 2.45) is 5.92 Å². The van der Waals surface area contributed by atoms with Crippen LogP contribution in [0.25, 0.3) is 11.1 Å². The summed E-state index contributed by atoms with van der Waals surface area (Å²) in [5, 5.41) is 14.7. The number of nitrogens with one attached hydrogen (secondary N) is 2. The number of hydrogen-bond donors (Lipinski definition) is 3. The molecule has 0 bridgehead atoms. The Balaban J connectivity index is 1.33. The number of fused-ring (bicyclic) bond motifs is 3. The van der Waals surface area contributed by atoms with Crippen molar-refractivity contribution >= 4 is 18.0 Å². The molecule has 3 N–H and O–H groups in total. The van der Waals surface area contributed by atoms with Gasteiger partial charge in [-0.2, -0.15) is 0 Å². The normalized spacial score (nSPS) is 20.5. The summed E-state index contributed by atoms with van der Waals surface area (Å²) in [7, 11) is 0. The first kappa shape index (κ1) is 21.9. The first-order valence-electron chi connectivity index (χ1n) is 11.1. The van der Waals surface area contributed by atoms with Crippen molar-refractivity contribution < 1.29 is 24.2 Å². The molecule has 2 aliphatic carbocycles. The van der Waals surface area contributed by atoms with Gasteiger partial charge in [-0.15, -0.1) is 0 Å². The van der Waals surface area contributed by atoms with Crippen molar-refractivity contribution in [2.75, 3.05) is 6.61 Å². The fraction of sp³-hybridized carbons (Fsp3) is 0.400. The van der Waals surface area contributed by atoms with Crippen LogP contribution in [0, 0.1) is 5.92 Å². The molecule has 4 rings (SSSR count). The van der Waals surface area contributed by atoms with Crippen molar-refractivity contribution in [3.05, 3.63) is 59.7 Å². The minimum atomic E-state index is -0.896. The van der Waals surface area contributed by atoms with Crippen LogP contribution in [0.2, 0.25) is 0 Å². The Bertz CT molecular complexity index is 975. The maximum atomic E-state index is 12.5. The van der Waals surface area contributed by atoms with E-state index in [1.54, 1.807) is 6.92 Å². The average molecular weight is 437 g/mol. The smallest absolute Gasteiger partial charge is 0.407 e. The van der Waals surface area contributed by atoms with Gasteiger partial charge in [-0.3, -0.25) is 9.59 Å². The zero-order chi connectivity index (χ0) is 22.7. The van der Waals surface area contributed by atoms with E-state index >= 15 is 0 Å². The van der Waals surface area contributed by atoms with Crippen LogP contribution in [0.4, 0.5) is 4.79 Å². The largest absolute Gasteiger partial charge is 0.481 e. The molecule has 0 saturated heterocycles. The number of carbonyl (C=O) groups is 3. The molecule has 0 aliphatic heterocycles. The molecule has 0 aromatic heterocycles. The first-order valence-corrected chi connectivity index (χ1v) is 11.1. The fourth-order valence-corrected chi connectivity index (χ4v) is 4.79. The lowest BCUT2D eigenvalue weighted by molar-refractivity contribution is -0.144. The molecule has 1 fully saturated rings. The van der Waals surface area contributed by atoms with Crippen molar-refractivity contribution in [1.29, 1.82) is 0 Å². The number of amides is 2. The van der Waals surface area contributed by atoms with Gasteiger partial charge in [0, 0.05) is 12.0 Å². The van der Waals surface area contributed by atoms with E-state index in [1.807, 2.05) is 36.4 Å². The van der Waals surface area contributed by atoms with Crippen LogP contribution in [0.1, 0.15) is 49.7 Å². The number of alkyl carbamates (subject to hydrolysis) is 1. The van der Waals surface area contributed by atoms with E-state index in [0.717, 1.165) is 35.1 Å². The third-order valence-corrected chi connectivity index (χ3v) is 6.48. The van der Waals surface area contributed by atoms with Gasteiger partial charge in [0.05, 0.1) is 5.92 Å². The Labute approximate surface area is 187 Å². The summed E-state index contributed by atoms with van der Waals surface area (Å²) in [5.74, 6) is -1.95. The van der Waals surface area contributed by atoms with Gasteiger partial charge in [0.15, 0.2) is 0 Å². The van der Waals surface area contributed by atoms with Crippen LogP contribution < -0.4 is 10.6 Å². The van der Waals surface area contributed by atoms with E-state index in [1.165, 1.54) is 0 Å². The van der Waals surface area contributed by atoms with Crippen LogP contribution in [0.3, 0.4) is 0 Å². The SMILES string of the molecule is C[C@H](NC(=O)OCC1c2ccccc2-c2ccccc21)C(=O)N[C@H]1CCCC[C@H]1C(=O)O. The van der Waals surface area contributed by atoms with E-state index in [0.29, 0.717) is 12.8 Å². The molecular formula is C25H28N2O5. The third kappa shape index (κ3) is 4.47. The van der Waals surface area contributed by atoms with Gasteiger partial charge in [-0.25, -0.2) is 4.79 Å². The van der Waals surface area contributed by atoms with Gasteiger partial charge in [0.1, 0.15) is 12.6 Å². The van der Waals surface area contributed by atoms with Crippen LogP contribution >= 0.6 is 0 Å². The van der Waals surface area contributed by atoms with Crippen LogP contribution in [-0.2, 0) is 14.3 Å². The van der Waals surface area contributed by atoms with Gasteiger partial charge >= 0.3 is 12.1 Å². The fourth-order valence-electron chi connectivity index (χ4n) is 4.79. The number of carboxylic acids is 1. The lowest BCUT2D eigenvalue weighted by Gasteiger charge is -2.30. The van der Waals surface area contributed by atoms with Crippen LogP contribution in [0.15, 0.2) is 48.5 Å². The number of carbonyl (C=O) groups excluding carboxylic acids is 2. The van der Waals surface area contributed by atoms with Crippen molar-refractivity contribution in [3.8, 4) is 11.1 Å². The minimum absolute atomic E-state index is 0.0594. The highest BCUT2D eigenvalue weighted by molar-refractivity contribution is 5.86. The van der Waals surface area contributed by atoms with E-state index in [9.17, 15) is 19.5 Å². The maximum absolute atomic E-state index is 12.5. The zero-order valence-corrected chi connectivity index (χ0v) is 18.0. The molecule has 1 saturated carbocycles. The molecule has 3 atom stereocenters. The van der Waals surface area contributed by atoms with Gasteiger partial charge < -0.3 is 20.5 Å². The van der Waals surface area contributed by atoms with E-state index in [-0.39, 0.29) is 12.5 Å². The second kappa shape index (κ2) is 9.42. The Morgan fingerprint density at radius 1 is 1.00 bits per heavy atom. The summed E-state index contributed by atoms with van der Waals surface area (Å²) in [6.07, 6.45) is 2.22. The second-order valence-corrected chi connectivity index (χ2v) is 8.54. The molecule has 0 heterocycles. The van der Waals surface area contributed by atoms with Crippen LogP contribution in [-0.4, -0.2) is 41.8 Å². The number of ether oxygens (including phenoxy) is 1. The molecule has 2 amide bonds. The molecule has 2 aromatic carbocycles.